The Balaban J connectivity index is 1.61. The lowest BCUT2D eigenvalue weighted by molar-refractivity contribution is 0.569. The molecular formula is C14H14FN5O. The highest BCUT2D eigenvalue weighted by molar-refractivity contribution is 5.36. The molecule has 3 heterocycles. The number of aryl methyl sites for hydroxylation is 1. The van der Waals surface area contributed by atoms with Gasteiger partial charge in [-0.05, 0) is 30.7 Å². The number of rotatable bonds is 5. The first-order chi connectivity index (χ1) is 10.3. The van der Waals surface area contributed by atoms with Gasteiger partial charge in [0, 0.05) is 25.5 Å². The van der Waals surface area contributed by atoms with Crippen LogP contribution in [0.15, 0.2) is 47.5 Å². The number of anilines is 1. The average molecular weight is 287 g/mol. The molecule has 0 aliphatic carbocycles. The highest BCUT2D eigenvalue weighted by Crippen LogP contribution is 2.08. The first kappa shape index (κ1) is 13.3. The Morgan fingerprint density at radius 3 is 2.95 bits per heavy atom. The molecule has 0 atom stereocenters. The van der Waals surface area contributed by atoms with E-state index < -0.39 is 0 Å². The molecule has 0 spiro atoms. The van der Waals surface area contributed by atoms with Crippen LogP contribution in [0.4, 0.5) is 10.2 Å². The molecule has 0 fully saturated rings. The van der Waals surface area contributed by atoms with Crippen molar-refractivity contribution >= 4 is 11.5 Å². The maximum Gasteiger partial charge on any atom is 0.350 e. The van der Waals surface area contributed by atoms with Crippen LogP contribution in [0.1, 0.15) is 6.42 Å². The third-order valence-corrected chi connectivity index (χ3v) is 3.09. The lowest BCUT2D eigenvalue weighted by atomic mass is 10.4. The fraction of sp³-hybridized carbons (Fsp3) is 0.214. The molecule has 21 heavy (non-hydrogen) atoms. The largest absolute Gasteiger partial charge is 0.368 e. The smallest absolute Gasteiger partial charge is 0.350 e. The van der Waals surface area contributed by atoms with Crippen LogP contribution in [0, 0.1) is 5.82 Å². The molecule has 0 aromatic carbocycles. The Labute approximate surface area is 119 Å². The number of nitrogens with zero attached hydrogens (tertiary/aromatic N) is 4. The van der Waals surface area contributed by atoms with E-state index in [0.29, 0.717) is 25.2 Å². The van der Waals surface area contributed by atoms with Crippen molar-refractivity contribution in [3.05, 3.63) is 59.0 Å². The topological polar surface area (TPSA) is 64.2 Å². The van der Waals surface area contributed by atoms with Crippen LogP contribution >= 0.6 is 0 Å². The molecule has 108 valence electrons. The number of fused-ring (bicyclic) bond motifs is 1. The number of hydrogen-bond acceptors (Lipinski definition) is 4. The van der Waals surface area contributed by atoms with Gasteiger partial charge in [0.05, 0.1) is 0 Å². The molecule has 7 heteroatoms. The highest BCUT2D eigenvalue weighted by atomic mass is 19.1. The van der Waals surface area contributed by atoms with Crippen molar-refractivity contribution in [2.75, 3.05) is 11.9 Å². The zero-order valence-electron chi connectivity index (χ0n) is 11.2. The van der Waals surface area contributed by atoms with Crippen LogP contribution in [-0.2, 0) is 6.54 Å². The summed E-state index contributed by atoms with van der Waals surface area (Å²) < 4.78 is 16.2. The summed E-state index contributed by atoms with van der Waals surface area (Å²) in [6.45, 7) is 0.968. The standard InChI is InChI=1S/C14H14FN5O/c15-11-5-3-7-16-13(11)17-8-4-10-20-14(21)19-9-2-1-6-12(19)18-20/h1-3,5-7,9H,4,8,10H2,(H,16,17). The van der Waals surface area contributed by atoms with Gasteiger partial charge >= 0.3 is 5.69 Å². The first-order valence-corrected chi connectivity index (χ1v) is 6.64. The third kappa shape index (κ3) is 2.76. The summed E-state index contributed by atoms with van der Waals surface area (Å²) in [5, 5.41) is 7.12. The number of halogens is 1. The Hall–Kier alpha value is -2.70. The zero-order chi connectivity index (χ0) is 14.7. The van der Waals surface area contributed by atoms with E-state index in [4.69, 9.17) is 0 Å². The second-order valence-corrected chi connectivity index (χ2v) is 4.55. The Kier molecular flexibility index (Phi) is 3.63. The van der Waals surface area contributed by atoms with Crippen molar-refractivity contribution in [3.63, 3.8) is 0 Å². The lowest BCUT2D eigenvalue weighted by Crippen LogP contribution is -2.22. The normalized spacial score (nSPS) is 10.9. The van der Waals surface area contributed by atoms with E-state index in [9.17, 15) is 9.18 Å². The van der Waals surface area contributed by atoms with Crippen molar-refractivity contribution in [2.24, 2.45) is 0 Å². The van der Waals surface area contributed by atoms with Gasteiger partial charge in [-0.25, -0.2) is 18.9 Å². The molecule has 3 rings (SSSR count). The first-order valence-electron chi connectivity index (χ1n) is 6.64. The number of aromatic nitrogens is 4. The monoisotopic (exact) mass is 287 g/mol. The van der Waals surface area contributed by atoms with Crippen LogP contribution < -0.4 is 11.0 Å². The molecule has 0 saturated heterocycles. The Morgan fingerprint density at radius 1 is 1.24 bits per heavy atom. The molecule has 1 N–H and O–H groups in total. The quantitative estimate of drug-likeness (QED) is 0.723. The van der Waals surface area contributed by atoms with Gasteiger partial charge in [-0.15, -0.1) is 5.10 Å². The van der Waals surface area contributed by atoms with E-state index >= 15 is 0 Å². The predicted octanol–water partition coefficient (Wildman–Crippen LogP) is 1.53. The Morgan fingerprint density at radius 2 is 2.14 bits per heavy atom. The predicted molar refractivity (Wildman–Crippen MR) is 76.8 cm³/mol. The fourth-order valence-corrected chi connectivity index (χ4v) is 2.07. The second kappa shape index (κ2) is 5.74. The van der Waals surface area contributed by atoms with Crippen molar-refractivity contribution in [2.45, 2.75) is 13.0 Å². The molecular weight excluding hydrogens is 273 g/mol. The molecule has 3 aromatic heterocycles. The maximum absolute atomic E-state index is 13.3. The van der Waals surface area contributed by atoms with E-state index in [0.717, 1.165) is 0 Å². The summed E-state index contributed by atoms with van der Waals surface area (Å²) in [6.07, 6.45) is 3.85. The van der Waals surface area contributed by atoms with Crippen molar-refractivity contribution in [1.82, 2.24) is 19.2 Å². The number of hydrogen-bond donors (Lipinski definition) is 1. The van der Waals surface area contributed by atoms with Gasteiger partial charge in [-0.2, -0.15) is 0 Å². The molecule has 0 aliphatic heterocycles. The average Bonchev–Trinajstić information content (AvgIpc) is 2.82. The van der Waals surface area contributed by atoms with E-state index in [1.54, 1.807) is 18.3 Å². The maximum atomic E-state index is 13.3. The van der Waals surface area contributed by atoms with Crippen molar-refractivity contribution < 1.29 is 4.39 Å². The Bertz CT molecular complexity index is 810. The molecule has 0 aliphatic rings. The summed E-state index contributed by atoms with van der Waals surface area (Å²) >= 11 is 0. The van der Waals surface area contributed by atoms with Crippen LogP contribution in [0.2, 0.25) is 0 Å². The molecule has 0 unspecified atom stereocenters. The van der Waals surface area contributed by atoms with Crippen LogP contribution in [0.25, 0.3) is 5.65 Å². The van der Waals surface area contributed by atoms with Gasteiger partial charge in [0.25, 0.3) is 0 Å². The van der Waals surface area contributed by atoms with E-state index in [1.807, 2.05) is 6.07 Å². The van der Waals surface area contributed by atoms with E-state index in [-0.39, 0.29) is 17.3 Å². The fourth-order valence-electron chi connectivity index (χ4n) is 2.07. The third-order valence-electron chi connectivity index (χ3n) is 3.09. The summed E-state index contributed by atoms with van der Waals surface area (Å²) in [5.41, 5.74) is 0.445. The van der Waals surface area contributed by atoms with Crippen LogP contribution in [0.5, 0.6) is 0 Å². The molecule has 6 nitrogen and oxygen atoms in total. The summed E-state index contributed by atoms with van der Waals surface area (Å²) in [7, 11) is 0. The van der Waals surface area contributed by atoms with Gasteiger partial charge in [0.2, 0.25) is 0 Å². The zero-order valence-corrected chi connectivity index (χ0v) is 11.2. The number of pyridine rings is 2. The van der Waals surface area contributed by atoms with Crippen molar-refractivity contribution in [1.29, 1.82) is 0 Å². The molecule has 0 radical (unpaired) electrons. The van der Waals surface area contributed by atoms with E-state index in [2.05, 4.69) is 15.4 Å². The van der Waals surface area contributed by atoms with E-state index in [1.165, 1.54) is 27.4 Å². The van der Waals surface area contributed by atoms with Gasteiger partial charge in [-0.1, -0.05) is 6.07 Å². The minimum absolute atomic E-state index is 0.172. The minimum atomic E-state index is -0.387. The van der Waals surface area contributed by atoms with Crippen LogP contribution in [-0.4, -0.2) is 25.7 Å². The van der Waals surface area contributed by atoms with Gasteiger partial charge in [0.1, 0.15) is 0 Å². The molecule has 3 aromatic rings. The van der Waals surface area contributed by atoms with Gasteiger partial charge < -0.3 is 5.32 Å². The highest BCUT2D eigenvalue weighted by Gasteiger charge is 2.05. The summed E-state index contributed by atoms with van der Waals surface area (Å²) in [4.78, 5) is 15.9. The lowest BCUT2D eigenvalue weighted by Gasteiger charge is -2.05. The van der Waals surface area contributed by atoms with Gasteiger partial charge in [0.15, 0.2) is 17.3 Å². The summed E-state index contributed by atoms with van der Waals surface area (Å²) in [5.74, 6) is -0.165. The SMILES string of the molecule is O=c1n(CCCNc2ncccc2F)nc2ccccn12. The summed E-state index contributed by atoms with van der Waals surface area (Å²) in [6, 6.07) is 8.28. The molecule has 0 bridgehead atoms. The van der Waals surface area contributed by atoms with Crippen molar-refractivity contribution in [3.8, 4) is 0 Å². The van der Waals surface area contributed by atoms with Gasteiger partial charge in [-0.3, -0.25) is 4.40 Å². The minimum Gasteiger partial charge on any atom is -0.368 e. The molecule has 0 amide bonds. The second-order valence-electron chi connectivity index (χ2n) is 4.55. The number of nitrogens with one attached hydrogen (secondary N) is 1. The van der Waals surface area contributed by atoms with Crippen LogP contribution in [0.3, 0.4) is 0 Å². The molecule has 0 saturated carbocycles.